The van der Waals surface area contributed by atoms with Crippen molar-refractivity contribution in [1.82, 2.24) is 10.2 Å². The Bertz CT molecular complexity index is 1230. The number of halogens is 3. The van der Waals surface area contributed by atoms with Crippen LogP contribution in [0.25, 0.3) is 6.08 Å². The van der Waals surface area contributed by atoms with Gasteiger partial charge in [-0.05, 0) is 51.8 Å². The molecule has 3 aromatic carbocycles. The molecular weight excluding hydrogens is 499 g/mol. The molecule has 0 saturated carbocycles. The first-order chi connectivity index (χ1) is 15.4. The summed E-state index contributed by atoms with van der Waals surface area (Å²) in [6.07, 6.45) is 1.56. The van der Waals surface area contributed by atoms with E-state index in [-0.39, 0.29) is 17.8 Å². The Kier molecular flexibility index (Phi) is 6.58. The van der Waals surface area contributed by atoms with Crippen molar-refractivity contribution in [2.45, 2.75) is 13.2 Å². The van der Waals surface area contributed by atoms with Gasteiger partial charge in [-0.1, -0.05) is 54.1 Å². The average Bonchev–Trinajstić information content (AvgIpc) is 3.03. The van der Waals surface area contributed by atoms with Crippen LogP contribution >= 0.6 is 27.5 Å². The van der Waals surface area contributed by atoms with Gasteiger partial charge in [-0.2, -0.15) is 0 Å². The fourth-order valence-corrected chi connectivity index (χ4v) is 3.87. The lowest BCUT2D eigenvalue weighted by molar-refractivity contribution is -0.123. The Balaban J connectivity index is 1.47. The maximum absolute atomic E-state index is 13.9. The summed E-state index contributed by atoms with van der Waals surface area (Å²) in [6, 6.07) is 18.1. The molecule has 8 heteroatoms. The molecule has 0 aromatic heterocycles. The van der Waals surface area contributed by atoms with E-state index < -0.39 is 17.8 Å². The summed E-state index contributed by atoms with van der Waals surface area (Å²) >= 11 is 9.62. The highest BCUT2D eigenvalue weighted by molar-refractivity contribution is 9.10. The van der Waals surface area contributed by atoms with Crippen molar-refractivity contribution in [2.24, 2.45) is 0 Å². The van der Waals surface area contributed by atoms with Crippen LogP contribution in [-0.4, -0.2) is 16.8 Å². The van der Waals surface area contributed by atoms with Gasteiger partial charge in [0.2, 0.25) is 0 Å². The van der Waals surface area contributed by atoms with E-state index in [1.807, 2.05) is 18.2 Å². The zero-order valence-corrected chi connectivity index (χ0v) is 19.0. The van der Waals surface area contributed by atoms with Crippen LogP contribution in [-0.2, 0) is 17.9 Å². The van der Waals surface area contributed by atoms with E-state index in [0.29, 0.717) is 27.4 Å². The first-order valence-corrected chi connectivity index (χ1v) is 10.8. The number of rotatable bonds is 6. The second kappa shape index (κ2) is 9.54. The maximum atomic E-state index is 13.9. The van der Waals surface area contributed by atoms with E-state index in [1.165, 1.54) is 12.1 Å². The highest BCUT2D eigenvalue weighted by Crippen LogP contribution is 2.29. The molecule has 162 valence electrons. The van der Waals surface area contributed by atoms with Crippen molar-refractivity contribution in [3.8, 4) is 5.75 Å². The van der Waals surface area contributed by atoms with Gasteiger partial charge in [0.15, 0.2) is 0 Å². The van der Waals surface area contributed by atoms with Crippen molar-refractivity contribution in [2.75, 3.05) is 0 Å². The highest BCUT2D eigenvalue weighted by Gasteiger charge is 2.34. The fraction of sp³-hybridized carbons (Fsp3) is 0.0833. The smallest absolute Gasteiger partial charge is 0.329 e. The van der Waals surface area contributed by atoms with Gasteiger partial charge in [0.1, 0.15) is 23.9 Å². The third-order valence-corrected chi connectivity index (χ3v) is 5.84. The lowest BCUT2D eigenvalue weighted by atomic mass is 10.1. The Morgan fingerprint density at radius 2 is 1.75 bits per heavy atom. The third-order valence-electron chi connectivity index (χ3n) is 4.86. The largest absolute Gasteiger partial charge is 0.488 e. The standard InChI is InChI=1S/C24H17BrClFN2O3/c25-18-11-15(9-10-22(18)32-14-17-6-1-3-7-19(17)26)12-21-23(30)29(24(31)28-21)13-16-5-2-4-8-20(16)27/h1-12H,13-14H2,(H,28,31)/b21-12+. The fourth-order valence-electron chi connectivity index (χ4n) is 3.17. The van der Waals surface area contributed by atoms with Crippen molar-refractivity contribution in [3.05, 3.63) is 104 Å². The minimum atomic E-state index is -0.594. The van der Waals surface area contributed by atoms with Gasteiger partial charge in [-0.3, -0.25) is 9.69 Å². The maximum Gasteiger partial charge on any atom is 0.329 e. The van der Waals surface area contributed by atoms with E-state index in [9.17, 15) is 14.0 Å². The van der Waals surface area contributed by atoms with E-state index in [1.54, 1.807) is 42.5 Å². The first-order valence-electron chi connectivity index (χ1n) is 9.66. The van der Waals surface area contributed by atoms with Crippen LogP contribution in [0.1, 0.15) is 16.7 Å². The van der Waals surface area contributed by atoms with Crippen LogP contribution in [0.5, 0.6) is 5.75 Å². The van der Waals surface area contributed by atoms with Gasteiger partial charge in [-0.25, -0.2) is 9.18 Å². The molecule has 1 heterocycles. The number of carbonyl (C=O) groups is 2. The summed E-state index contributed by atoms with van der Waals surface area (Å²) in [4.78, 5) is 25.9. The Morgan fingerprint density at radius 3 is 2.47 bits per heavy atom. The van der Waals surface area contributed by atoms with Gasteiger partial charge in [0, 0.05) is 16.1 Å². The van der Waals surface area contributed by atoms with Crippen LogP contribution in [0.3, 0.4) is 0 Å². The number of urea groups is 1. The molecule has 32 heavy (non-hydrogen) atoms. The molecule has 3 amide bonds. The van der Waals surface area contributed by atoms with Crippen molar-refractivity contribution < 1.29 is 18.7 Å². The second-order valence-electron chi connectivity index (χ2n) is 7.04. The third kappa shape index (κ3) is 4.84. The molecule has 1 N–H and O–H groups in total. The summed E-state index contributed by atoms with van der Waals surface area (Å²) in [7, 11) is 0. The molecule has 3 aromatic rings. The lowest BCUT2D eigenvalue weighted by Crippen LogP contribution is -2.30. The molecule has 5 nitrogen and oxygen atoms in total. The van der Waals surface area contributed by atoms with Crippen LogP contribution in [0.2, 0.25) is 5.02 Å². The molecule has 4 rings (SSSR count). The molecule has 1 aliphatic heterocycles. The molecular formula is C24H17BrClFN2O3. The molecule has 1 aliphatic rings. The van der Waals surface area contributed by atoms with E-state index in [0.717, 1.165) is 10.5 Å². The Labute approximate surface area is 197 Å². The minimum absolute atomic E-state index is 0.114. The van der Waals surface area contributed by atoms with Gasteiger partial charge < -0.3 is 10.1 Å². The van der Waals surface area contributed by atoms with Crippen molar-refractivity contribution in [3.63, 3.8) is 0 Å². The van der Waals surface area contributed by atoms with Crippen molar-refractivity contribution >= 4 is 45.5 Å². The Morgan fingerprint density at radius 1 is 1.03 bits per heavy atom. The lowest BCUT2D eigenvalue weighted by Gasteiger charge is -2.12. The van der Waals surface area contributed by atoms with E-state index in [4.69, 9.17) is 16.3 Å². The summed E-state index contributed by atoms with van der Waals surface area (Å²) in [5.41, 5.74) is 1.92. The predicted molar refractivity (Wildman–Crippen MR) is 123 cm³/mol. The first kappa shape index (κ1) is 22.0. The van der Waals surface area contributed by atoms with Gasteiger partial charge in [0.25, 0.3) is 5.91 Å². The number of benzene rings is 3. The van der Waals surface area contributed by atoms with Gasteiger partial charge in [-0.15, -0.1) is 0 Å². The summed E-state index contributed by atoms with van der Waals surface area (Å²) in [6.45, 7) is 0.158. The number of hydrogen-bond acceptors (Lipinski definition) is 3. The number of nitrogens with zero attached hydrogens (tertiary/aromatic N) is 1. The van der Waals surface area contributed by atoms with Crippen LogP contribution in [0, 0.1) is 5.82 Å². The topological polar surface area (TPSA) is 58.6 Å². The molecule has 0 radical (unpaired) electrons. The summed E-state index contributed by atoms with van der Waals surface area (Å²) < 4.78 is 20.4. The zero-order chi connectivity index (χ0) is 22.7. The van der Waals surface area contributed by atoms with E-state index in [2.05, 4.69) is 21.2 Å². The molecule has 0 spiro atoms. The predicted octanol–water partition coefficient (Wildman–Crippen LogP) is 5.91. The molecule has 1 fully saturated rings. The number of amides is 3. The minimum Gasteiger partial charge on any atom is -0.488 e. The van der Waals surface area contributed by atoms with Gasteiger partial charge in [0.05, 0.1) is 11.0 Å². The number of hydrogen-bond donors (Lipinski definition) is 1. The number of imide groups is 1. The average molecular weight is 516 g/mol. The molecule has 0 atom stereocenters. The number of nitrogens with one attached hydrogen (secondary N) is 1. The quantitative estimate of drug-likeness (QED) is 0.328. The Hall–Kier alpha value is -3.16. The summed E-state index contributed by atoms with van der Waals surface area (Å²) in [5, 5.41) is 3.17. The normalized spacial score (nSPS) is 14.7. The van der Waals surface area contributed by atoms with E-state index >= 15 is 0 Å². The molecule has 1 saturated heterocycles. The summed E-state index contributed by atoms with van der Waals surface area (Å²) in [5.74, 6) is -0.384. The highest BCUT2D eigenvalue weighted by atomic mass is 79.9. The SMILES string of the molecule is O=C1N/C(=C/c2ccc(OCc3ccccc3Cl)c(Br)c2)C(=O)N1Cc1ccccc1F. The molecule has 0 bridgehead atoms. The van der Waals surface area contributed by atoms with Crippen LogP contribution in [0.4, 0.5) is 9.18 Å². The second-order valence-corrected chi connectivity index (χ2v) is 8.30. The zero-order valence-electron chi connectivity index (χ0n) is 16.6. The van der Waals surface area contributed by atoms with Crippen LogP contribution in [0.15, 0.2) is 76.9 Å². The number of ether oxygens (including phenoxy) is 1. The molecule has 0 unspecified atom stereocenters. The van der Waals surface area contributed by atoms with Crippen LogP contribution < -0.4 is 10.1 Å². The van der Waals surface area contributed by atoms with Crippen molar-refractivity contribution in [1.29, 1.82) is 0 Å². The van der Waals surface area contributed by atoms with Gasteiger partial charge >= 0.3 is 6.03 Å². The monoisotopic (exact) mass is 514 g/mol. The molecule has 0 aliphatic carbocycles. The number of carbonyl (C=O) groups excluding carboxylic acids is 2.